The van der Waals surface area contributed by atoms with Gasteiger partial charge in [0.2, 0.25) is 0 Å². The fourth-order valence-electron chi connectivity index (χ4n) is 2.75. The van der Waals surface area contributed by atoms with Crippen LogP contribution >= 0.6 is 23.7 Å². The summed E-state index contributed by atoms with van der Waals surface area (Å²) < 4.78 is 1.54. The fourth-order valence-corrected chi connectivity index (χ4v) is 3.59. The van der Waals surface area contributed by atoms with Gasteiger partial charge in [0.25, 0.3) is 5.91 Å². The molecule has 2 aromatic heterocycles. The Kier molecular flexibility index (Phi) is 6.49. The zero-order valence-corrected chi connectivity index (χ0v) is 14.6. The summed E-state index contributed by atoms with van der Waals surface area (Å²) in [4.78, 5) is 15.4. The average Bonchev–Trinajstić information content (AvgIpc) is 3.23. The predicted molar refractivity (Wildman–Crippen MR) is 91.5 cm³/mol. The van der Waals surface area contributed by atoms with Crippen LogP contribution in [0.15, 0.2) is 17.8 Å². The number of amides is 1. The molecule has 9 heteroatoms. The number of carbonyl (C=O) groups is 1. The smallest absolute Gasteiger partial charge is 0.266 e. The van der Waals surface area contributed by atoms with Crippen molar-refractivity contribution in [3.05, 3.63) is 22.7 Å². The minimum Gasteiger partial charge on any atom is -0.338 e. The number of halogens is 1. The number of likely N-dealkylation sites (tertiary alicyclic amines) is 1. The minimum atomic E-state index is 0. The molecule has 0 aromatic carbocycles. The number of tetrazole rings is 1. The molecule has 0 aliphatic carbocycles. The Morgan fingerprint density at radius 2 is 2.22 bits per heavy atom. The molecule has 1 amide bonds. The fraction of sp³-hybridized carbons (Fsp3) is 0.571. The number of hydrogen-bond donors (Lipinski definition) is 1. The number of rotatable bonds is 5. The molecule has 0 bridgehead atoms. The van der Waals surface area contributed by atoms with Gasteiger partial charge >= 0.3 is 0 Å². The van der Waals surface area contributed by atoms with E-state index in [-0.39, 0.29) is 18.3 Å². The second-order valence-electron chi connectivity index (χ2n) is 5.43. The van der Waals surface area contributed by atoms with Crippen LogP contribution in [0, 0.1) is 5.92 Å². The molecular formula is C14H21ClN6OS. The highest BCUT2D eigenvalue weighted by Crippen LogP contribution is 2.25. The summed E-state index contributed by atoms with van der Waals surface area (Å²) in [6.07, 6.45) is 3.64. The van der Waals surface area contributed by atoms with Gasteiger partial charge in [-0.3, -0.25) is 4.79 Å². The number of hydrogen-bond acceptors (Lipinski definition) is 6. The molecule has 1 aliphatic rings. The molecule has 7 nitrogen and oxygen atoms in total. The topological polar surface area (TPSA) is 75.9 Å². The monoisotopic (exact) mass is 356 g/mol. The van der Waals surface area contributed by atoms with Crippen molar-refractivity contribution in [2.75, 3.05) is 26.2 Å². The zero-order chi connectivity index (χ0) is 15.4. The van der Waals surface area contributed by atoms with Crippen molar-refractivity contribution in [2.45, 2.75) is 19.8 Å². The van der Waals surface area contributed by atoms with Crippen molar-refractivity contribution in [3.63, 3.8) is 0 Å². The Hall–Kier alpha value is -1.51. The summed E-state index contributed by atoms with van der Waals surface area (Å²) in [5.41, 5.74) is 0.759. The van der Waals surface area contributed by atoms with Gasteiger partial charge in [0.1, 0.15) is 11.2 Å². The number of carbonyl (C=O) groups excluding carboxylic acids is 1. The molecular weight excluding hydrogens is 336 g/mol. The van der Waals surface area contributed by atoms with E-state index in [1.54, 1.807) is 4.68 Å². The molecule has 23 heavy (non-hydrogen) atoms. The lowest BCUT2D eigenvalue weighted by molar-refractivity contribution is 0.0695. The van der Waals surface area contributed by atoms with Crippen LogP contribution in [0.5, 0.6) is 0 Å². The second kappa shape index (κ2) is 8.37. The molecule has 3 heterocycles. The summed E-state index contributed by atoms with van der Waals surface area (Å²) >= 11 is 1.44. The van der Waals surface area contributed by atoms with Crippen LogP contribution < -0.4 is 5.32 Å². The van der Waals surface area contributed by atoms with Crippen LogP contribution in [0.2, 0.25) is 0 Å². The summed E-state index contributed by atoms with van der Waals surface area (Å²) in [6, 6.07) is 1.88. The van der Waals surface area contributed by atoms with Crippen LogP contribution in [0.4, 0.5) is 0 Å². The van der Waals surface area contributed by atoms with E-state index in [1.165, 1.54) is 17.7 Å². The van der Waals surface area contributed by atoms with Crippen molar-refractivity contribution < 1.29 is 4.79 Å². The van der Waals surface area contributed by atoms with Gasteiger partial charge < -0.3 is 10.2 Å². The summed E-state index contributed by atoms with van der Waals surface area (Å²) in [5.74, 6) is 0.758. The third-order valence-corrected chi connectivity index (χ3v) is 4.91. The van der Waals surface area contributed by atoms with Gasteiger partial charge in [-0.05, 0) is 53.7 Å². The average molecular weight is 357 g/mol. The van der Waals surface area contributed by atoms with E-state index in [9.17, 15) is 4.79 Å². The highest BCUT2D eigenvalue weighted by atomic mass is 35.5. The number of piperidine rings is 1. The van der Waals surface area contributed by atoms with Gasteiger partial charge in [0, 0.05) is 13.1 Å². The third kappa shape index (κ3) is 4.07. The second-order valence-corrected chi connectivity index (χ2v) is 6.35. The van der Waals surface area contributed by atoms with Crippen LogP contribution in [0.3, 0.4) is 0 Å². The van der Waals surface area contributed by atoms with E-state index in [2.05, 4.69) is 27.8 Å². The van der Waals surface area contributed by atoms with Crippen molar-refractivity contribution in [2.24, 2.45) is 5.92 Å². The summed E-state index contributed by atoms with van der Waals surface area (Å²) in [6.45, 7) is 5.82. The molecule has 0 radical (unpaired) electrons. The highest BCUT2D eigenvalue weighted by molar-refractivity contribution is 7.12. The lowest BCUT2D eigenvalue weighted by atomic mass is 9.96. The Bertz CT molecular complexity index is 609. The standard InChI is InChI=1S/C14H20N6OS.ClH/c1-2-15-9-11-3-6-19(7-4-11)14(21)13-12(5-8-22-13)20-10-16-17-18-20;/h5,8,10-11,15H,2-4,6-7,9H2,1H3;1H. The molecule has 0 saturated carbocycles. The molecule has 1 saturated heterocycles. The first-order valence-corrected chi connectivity index (χ1v) is 8.48. The zero-order valence-electron chi connectivity index (χ0n) is 13.0. The largest absolute Gasteiger partial charge is 0.338 e. The maximum atomic E-state index is 12.7. The lowest BCUT2D eigenvalue weighted by Gasteiger charge is -2.32. The molecule has 1 fully saturated rings. The molecule has 2 aromatic rings. The molecule has 126 valence electrons. The van der Waals surface area contributed by atoms with E-state index in [1.807, 2.05) is 16.3 Å². The van der Waals surface area contributed by atoms with Crippen LogP contribution in [-0.2, 0) is 0 Å². The maximum absolute atomic E-state index is 12.7. The SMILES string of the molecule is CCNCC1CCN(C(=O)c2sccc2-n2cnnn2)CC1.Cl. The van der Waals surface area contributed by atoms with Crippen molar-refractivity contribution in [1.29, 1.82) is 0 Å². The molecule has 0 unspecified atom stereocenters. The van der Waals surface area contributed by atoms with E-state index < -0.39 is 0 Å². The summed E-state index contributed by atoms with van der Waals surface area (Å²) in [7, 11) is 0. The summed E-state index contributed by atoms with van der Waals surface area (Å²) in [5, 5.41) is 16.4. The first-order valence-electron chi connectivity index (χ1n) is 7.60. The third-order valence-electron chi connectivity index (χ3n) is 4.02. The number of nitrogens with zero attached hydrogens (tertiary/aromatic N) is 5. The molecule has 0 atom stereocenters. The van der Waals surface area contributed by atoms with E-state index >= 15 is 0 Å². The van der Waals surface area contributed by atoms with Crippen molar-refractivity contribution in [3.8, 4) is 5.69 Å². The Balaban J connectivity index is 0.00000192. The van der Waals surface area contributed by atoms with Crippen molar-refractivity contribution >= 4 is 29.7 Å². The van der Waals surface area contributed by atoms with E-state index in [4.69, 9.17) is 0 Å². The number of thiophene rings is 1. The highest BCUT2D eigenvalue weighted by Gasteiger charge is 2.26. The minimum absolute atomic E-state index is 0. The van der Waals surface area contributed by atoms with Gasteiger partial charge in [-0.2, -0.15) is 4.68 Å². The number of nitrogens with one attached hydrogen (secondary N) is 1. The first kappa shape index (κ1) is 17.8. The van der Waals surface area contributed by atoms with E-state index in [0.29, 0.717) is 10.8 Å². The quantitative estimate of drug-likeness (QED) is 0.880. The Labute approximate surface area is 145 Å². The normalized spacial score (nSPS) is 15.4. The molecule has 3 rings (SSSR count). The van der Waals surface area contributed by atoms with Crippen LogP contribution in [-0.4, -0.2) is 57.2 Å². The Morgan fingerprint density at radius 3 is 2.87 bits per heavy atom. The van der Waals surface area contributed by atoms with Crippen molar-refractivity contribution in [1.82, 2.24) is 30.4 Å². The van der Waals surface area contributed by atoms with Crippen LogP contribution in [0.25, 0.3) is 5.69 Å². The molecule has 1 aliphatic heterocycles. The lowest BCUT2D eigenvalue weighted by Crippen LogP contribution is -2.40. The van der Waals surface area contributed by atoms with Gasteiger partial charge in [-0.25, -0.2) is 0 Å². The van der Waals surface area contributed by atoms with E-state index in [0.717, 1.165) is 44.7 Å². The molecule has 1 N–H and O–H groups in total. The van der Waals surface area contributed by atoms with Gasteiger partial charge in [0.05, 0.1) is 5.69 Å². The maximum Gasteiger partial charge on any atom is 0.266 e. The van der Waals surface area contributed by atoms with Gasteiger partial charge in [-0.15, -0.1) is 28.8 Å². The first-order chi connectivity index (χ1) is 10.8. The van der Waals surface area contributed by atoms with Gasteiger partial charge in [-0.1, -0.05) is 6.92 Å². The number of aromatic nitrogens is 4. The van der Waals surface area contributed by atoms with Gasteiger partial charge in [0.15, 0.2) is 0 Å². The predicted octanol–water partition coefficient (Wildman–Crippen LogP) is 1.61. The van der Waals surface area contributed by atoms with Crippen LogP contribution in [0.1, 0.15) is 29.4 Å². The Morgan fingerprint density at radius 1 is 1.43 bits per heavy atom. The molecule has 0 spiro atoms.